The van der Waals surface area contributed by atoms with Gasteiger partial charge in [-0.25, -0.2) is 0 Å². The number of halogens is 1. The summed E-state index contributed by atoms with van der Waals surface area (Å²) in [5.41, 5.74) is 2.54. The molecule has 2 aromatic carbocycles. The van der Waals surface area contributed by atoms with Crippen LogP contribution in [0.2, 0.25) is 5.02 Å². The summed E-state index contributed by atoms with van der Waals surface area (Å²) in [4.78, 5) is 15.2. The number of fused-ring (bicyclic) bond motifs is 1. The lowest BCUT2D eigenvalue weighted by Crippen LogP contribution is -2.25. The Morgan fingerprint density at radius 2 is 1.90 bits per heavy atom. The lowest BCUT2D eigenvalue weighted by Gasteiger charge is -2.03. The Hall–Kier alpha value is -2.26. The Morgan fingerprint density at radius 3 is 2.67 bits per heavy atom. The van der Waals surface area contributed by atoms with Crippen molar-refractivity contribution in [2.24, 2.45) is 0 Å². The highest BCUT2D eigenvalue weighted by Crippen LogP contribution is 2.23. The van der Waals surface area contributed by atoms with E-state index in [-0.39, 0.29) is 5.91 Å². The van der Waals surface area contributed by atoms with E-state index in [1.54, 1.807) is 6.07 Å². The van der Waals surface area contributed by atoms with Crippen LogP contribution in [0.1, 0.15) is 16.1 Å². The molecule has 0 aliphatic heterocycles. The summed E-state index contributed by atoms with van der Waals surface area (Å²) in [7, 11) is 0. The third kappa shape index (κ3) is 3.09. The minimum Gasteiger partial charge on any atom is -0.350 e. The van der Waals surface area contributed by atoms with Gasteiger partial charge in [0.2, 0.25) is 0 Å². The highest BCUT2D eigenvalue weighted by molar-refractivity contribution is 6.35. The van der Waals surface area contributed by atoms with Gasteiger partial charge in [-0.3, -0.25) is 4.79 Å². The summed E-state index contributed by atoms with van der Waals surface area (Å²) in [6.45, 7) is 0.603. The molecule has 4 heteroatoms. The average Bonchev–Trinajstić information content (AvgIpc) is 2.94. The predicted octanol–water partition coefficient (Wildman–Crippen LogP) is 3.79. The van der Waals surface area contributed by atoms with Crippen LogP contribution in [0, 0.1) is 0 Å². The molecule has 0 saturated heterocycles. The third-order valence-corrected chi connectivity index (χ3v) is 3.71. The SMILES string of the molecule is O=C(NCCc1ccccc1)c1cc2cccc(Cl)c2[nH]1. The van der Waals surface area contributed by atoms with E-state index >= 15 is 0 Å². The van der Waals surface area contributed by atoms with Gasteiger partial charge in [-0.15, -0.1) is 0 Å². The molecule has 21 heavy (non-hydrogen) atoms. The van der Waals surface area contributed by atoms with Crippen LogP contribution >= 0.6 is 11.6 Å². The van der Waals surface area contributed by atoms with Crippen molar-refractivity contribution in [2.75, 3.05) is 6.54 Å². The van der Waals surface area contributed by atoms with Crippen molar-refractivity contribution in [2.45, 2.75) is 6.42 Å². The van der Waals surface area contributed by atoms with Crippen LogP contribution in [-0.2, 0) is 6.42 Å². The molecule has 3 rings (SSSR count). The second-order valence-electron chi connectivity index (χ2n) is 4.88. The fourth-order valence-electron chi connectivity index (χ4n) is 2.30. The molecule has 0 aliphatic rings. The highest BCUT2D eigenvalue weighted by Gasteiger charge is 2.10. The summed E-state index contributed by atoms with van der Waals surface area (Å²) in [5, 5.41) is 4.48. The van der Waals surface area contributed by atoms with Gasteiger partial charge >= 0.3 is 0 Å². The zero-order valence-corrected chi connectivity index (χ0v) is 12.2. The smallest absolute Gasteiger partial charge is 0.267 e. The number of aromatic amines is 1. The molecular formula is C17H15ClN2O. The summed E-state index contributed by atoms with van der Waals surface area (Å²) in [5.74, 6) is -0.113. The number of carbonyl (C=O) groups is 1. The number of rotatable bonds is 4. The minimum absolute atomic E-state index is 0.113. The molecule has 1 aromatic heterocycles. The van der Waals surface area contributed by atoms with Crippen LogP contribution in [-0.4, -0.2) is 17.4 Å². The average molecular weight is 299 g/mol. The molecule has 0 unspecified atom stereocenters. The number of aromatic nitrogens is 1. The molecule has 0 spiro atoms. The van der Waals surface area contributed by atoms with E-state index in [9.17, 15) is 4.79 Å². The van der Waals surface area contributed by atoms with Crippen molar-refractivity contribution in [1.29, 1.82) is 0 Å². The van der Waals surface area contributed by atoms with Crippen LogP contribution in [0.15, 0.2) is 54.6 Å². The number of para-hydroxylation sites is 1. The number of carbonyl (C=O) groups excluding carboxylic acids is 1. The van der Waals surface area contributed by atoms with Crippen molar-refractivity contribution >= 4 is 28.4 Å². The van der Waals surface area contributed by atoms with Crippen LogP contribution in [0.4, 0.5) is 0 Å². The zero-order valence-electron chi connectivity index (χ0n) is 11.4. The van der Waals surface area contributed by atoms with Crippen molar-refractivity contribution in [3.8, 4) is 0 Å². The number of H-pyrrole nitrogens is 1. The van der Waals surface area contributed by atoms with E-state index in [4.69, 9.17) is 11.6 Å². The molecule has 3 aromatic rings. The lowest BCUT2D eigenvalue weighted by atomic mass is 10.1. The molecule has 0 atom stereocenters. The van der Waals surface area contributed by atoms with E-state index in [1.165, 1.54) is 5.56 Å². The predicted molar refractivity (Wildman–Crippen MR) is 85.8 cm³/mol. The number of nitrogens with one attached hydrogen (secondary N) is 2. The van der Waals surface area contributed by atoms with Crippen LogP contribution < -0.4 is 5.32 Å². The van der Waals surface area contributed by atoms with Crippen LogP contribution in [0.3, 0.4) is 0 Å². The van der Waals surface area contributed by atoms with Gasteiger partial charge in [-0.2, -0.15) is 0 Å². The molecule has 0 radical (unpaired) electrons. The Morgan fingerprint density at radius 1 is 1.10 bits per heavy atom. The maximum absolute atomic E-state index is 12.1. The van der Waals surface area contributed by atoms with Crippen molar-refractivity contribution in [3.63, 3.8) is 0 Å². The van der Waals surface area contributed by atoms with Gasteiger partial charge in [-0.05, 0) is 24.1 Å². The van der Waals surface area contributed by atoms with Gasteiger partial charge in [0.15, 0.2) is 0 Å². The van der Waals surface area contributed by atoms with E-state index in [0.29, 0.717) is 17.3 Å². The Balaban J connectivity index is 1.65. The lowest BCUT2D eigenvalue weighted by molar-refractivity contribution is 0.0950. The molecule has 0 saturated carbocycles. The second kappa shape index (κ2) is 6.02. The van der Waals surface area contributed by atoms with E-state index in [2.05, 4.69) is 22.4 Å². The minimum atomic E-state index is -0.113. The normalized spacial score (nSPS) is 10.7. The van der Waals surface area contributed by atoms with Crippen molar-refractivity contribution in [1.82, 2.24) is 10.3 Å². The zero-order chi connectivity index (χ0) is 14.7. The number of benzene rings is 2. The van der Waals surface area contributed by atoms with Gasteiger partial charge in [0.05, 0.1) is 10.5 Å². The standard InChI is InChI=1S/C17H15ClN2O/c18-14-8-4-7-13-11-15(20-16(13)14)17(21)19-10-9-12-5-2-1-3-6-12/h1-8,11,20H,9-10H2,(H,19,21). The van der Waals surface area contributed by atoms with E-state index in [1.807, 2.05) is 36.4 Å². The largest absolute Gasteiger partial charge is 0.350 e. The molecule has 3 nitrogen and oxygen atoms in total. The van der Waals surface area contributed by atoms with Crippen LogP contribution in [0.25, 0.3) is 10.9 Å². The van der Waals surface area contributed by atoms with Gasteiger partial charge in [0.1, 0.15) is 5.69 Å². The fraction of sp³-hybridized carbons (Fsp3) is 0.118. The molecule has 1 heterocycles. The number of hydrogen-bond acceptors (Lipinski definition) is 1. The highest BCUT2D eigenvalue weighted by atomic mass is 35.5. The first kappa shape index (κ1) is 13.7. The van der Waals surface area contributed by atoms with Crippen LogP contribution in [0.5, 0.6) is 0 Å². The first-order valence-corrected chi connectivity index (χ1v) is 7.21. The van der Waals surface area contributed by atoms with E-state index in [0.717, 1.165) is 17.3 Å². The maximum atomic E-state index is 12.1. The molecule has 0 fully saturated rings. The van der Waals surface area contributed by atoms with Gasteiger partial charge in [0.25, 0.3) is 5.91 Å². The molecule has 2 N–H and O–H groups in total. The summed E-state index contributed by atoms with van der Waals surface area (Å²) in [6, 6.07) is 17.5. The Labute approximate surface area is 127 Å². The van der Waals surface area contributed by atoms with Gasteiger partial charge in [0, 0.05) is 11.9 Å². The summed E-state index contributed by atoms with van der Waals surface area (Å²) >= 11 is 6.10. The summed E-state index contributed by atoms with van der Waals surface area (Å²) < 4.78 is 0. The molecule has 0 aliphatic carbocycles. The van der Waals surface area contributed by atoms with Crippen molar-refractivity contribution in [3.05, 3.63) is 70.9 Å². The maximum Gasteiger partial charge on any atom is 0.267 e. The number of hydrogen-bond donors (Lipinski definition) is 2. The first-order chi connectivity index (χ1) is 10.2. The number of amides is 1. The fourth-order valence-corrected chi connectivity index (χ4v) is 2.53. The molecule has 0 bridgehead atoms. The molecule has 106 valence electrons. The van der Waals surface area contributed by atoms with Gasteiger partial charge in [-0.1, -0.05) is 54.1 Å². The van der Waals surface area contributed by atoms with Crippen molar-refractivity contribution < 1.29 is 4.79 Å². The third-order valence-electron chi connectivity index (χ3n) is 3.39. The Kier molecular flexibility index (Phi) is 3.93. The summed E-state index contributed by atoms with van der Waals surface area (Å²) in [6.07, 6.45) is 0.813. The monoisotopic (exact) mass is 298 g/mol. The molecular weight excluding hydrogens is 284 g/mol. The second-order valence-corrected chi connectivity index (χ2v) is 5.29. The Bertz CT molecular complexity index is 765. The van der Waals surface area contributed by atoms with E-state index < -0.39 is 0 Å². The topological polar surface area (TPSA) is 44.9 Å². The molecule has 1 amide bonds. The first-order valence-electron chi connectivity index (χ1n) is 6.83. The van der Waals surface area contributed by atoms with Gasteiger partial charge < -0.3 is 10.3 Å². The quantitative estimate of drug-likeness (QED) is 0.756.